The van der Waals surface area contributed by atoms with Gasteiger partial charge in [0.15, 0.2) is 11.6 Å². The first-order valence-corrected chi connectivity index (χ1v) is 7.99. The van der Waals surface area contributed by atoms with Crippen LogP contribution in [0.25, 0.3) is 0 Å². The predicted molar refractivity (Wildman–Crippen MR) is 97.2 cm³/mol. The first kappa shape index (κ1) is 15.8. The molecule has 4 rings (SSSR count). The Balaban J connectivity index is 1.93. The summed E-state index contributed by atoms with van der Waals surface area (Å²) in [6.07, 6.45) is 0. The van der Waals surface area contributed by atoms with Gasteiger partial charge >= 0.3 is 0 Å². The molecule has 0 aromatic heterocycles. The number of hydrazine groups is 1. The van der Waals surface area contributed by atoms with E-state index in [1.807, 2.05) is 0 Å². The molecule has 0 amide bonds. The van der Waals surface area contributed by atoms with Crippen LogP contribution in [0.1, 0.15) is 37.4 Å². The van der Waals surface area contributed by atoms with E-state index in [1.54, 1.807) is 66.7 Å². The quantitative estimate of drug-likeness (QED) is 0.447. The molecule has 0 heterocycles. The number of nitrogens with zero attached hydrogens (tertiary/aromatic N) is 2. The van der Waals surface area contributed by atoms with E-state index in [1.165, 1.54) is 5.01 Å². The second kappa shape index (κ2) is 5.96. The summed E-state index contributed by atoms with van der Waals surface area (Å²) in [4.78, 5) is 25.9. The Bertz CT molecular complexity index is 1110. The first-order chi connectivity index (χ1) is 12.6. The minimum atomic E-state index is -0.254. The van der Waals surface area contributed by atoms with Gasteiger partial charge in [-0.25, -0.2) is 5.84 Å². The van der Waals surface area contributed by atoms with Gasteiger partial charge in [0.25, 0.3) is 0 Å². The summed E-state index contributed by atoms with van der Waals surface area (Å²) in [5, 5.41) is 10.6. The Morgan fingerprint density at radius 1 is 0.731 bits per heavy atom. The first-order valence-electron chi connectivity index (χ1n) is 7.99. The van der Waals surface area contributed by atoms with Crippen molar-refractivity contribution in [2.75, 3.05) is 5.01 Å². The smallest absolute Gasteiger partial charge is 0.196 e. The second-order valence-corrected chi connectivity index (χ2v) is 5.90. The summed E-state index contributed by atoms with van der Waals surface area (Å²) in [5.41, 5.74) is 2.55. The molecule has 0 fully saturated rings. The molecule has 3 aromatic carbocycles. The third-order valence-corrected chi connectivity index (χ3v) is 4.47. The number of para-hydroxylation sites is 1. The van der Waals surface area contributed by atoms with Crippen LogP contribution < -0.4 is 10.9 Å². The monoisotopic (exact) mass is 339 g/mol. The van der Waals surface area contributed by atoms with Crippen LogP contribution in [0, 0.1) is 11.3 Å². The molecule has 26 heavy (non-hydrogen) atoms. The van der Waals surface area contributed by atoms with E-state index in [4.69, 9.17) is 5.84 Å². The molecule has 2 N–H and O–H groups in total. The van der Waals surface area contributed by atoms with Gasteiger partial charge in [-0.1, -0.05) is 48.5 Å². The maximum absolute atomic E-state index is 13.1. The summed E-state index contributed by atoms with van der Waals surface area (Å²) in [7, 11) is 0. The van der Waals surface area contributed by atoms with Crippen LogP contribution in [0.3, 0.4) is 0 Å². The number of carbonyl (C=O) groups excluding carboxylic acids is 2. The van der Waals surface area contributed by atoms with E-state index < -0.39 is 0 Å². The highest BCUT2D eigenvalue weighted by Gasteiger charge is 2.32. The average Bonchev–Trinajstić information content (AvgIpc) is 2.71. The fourth-order valence-electron chi connectivity index (χ4n) is 3.24. The minimum Gasteiger partial charge on any atom is -0.289 e. The number of nitrogens with two attached hydrogens (primary N) is 1. The van der Waals surface area contributed by atoms with Crippen LogP contribution in [-0.4, -0.2) is 11.6 Å². The van der Waals surface area contributed by atoms with Crippen molar-refractivity contribution in [3.05, 3.63) is 94.5 Å². The van der Waals surface area contributed by atoms with Crippen molar-refractivity contribution < 1.29 is 9.59 Å². The molecule has 1 aliphatic carbocycles. The number of anilines is 2. The molecule has 1 aliphatic rings. The van der Waals surface area contributed by atoms with Crippen LogP contribution >= 0.6 is 0 Å². The fourth-order valence-corrected chi connectivity index (χ4v) is 3.24. The second-order valence-electron chi connectivity index (χ2n) is 5.90. The van der Waals surface area contributed by atoms with Crippen LogP contribution in [0.2, 0.25) is 0 Å². The van der Waals surface area contributed by atoms with Gasteiger partial charge < -0.3 is 0 Å². The van der Waals surface area contributed by atoms with Gasteiger partial charge in [-0.3, -0.25) is 14.6 Å². The highest BCUT2D eigenvalue weighted by molar-refractivity contribution is 6.30. The van der Waals surface area contributed by atoms with Gasteiger partial charge in [0.1, 0.15) is 6.07 Å². The normalized spacial score (nSPS) is 12.2. The van der Waals surface area contributed by atoms with Gasteiger partial charge in [-0.15, -0.1) is 0 Å². The number of nitriles is 1. The van der Waals surface area contributed by atoms with Crippen molar-refractivity contribution in [2.45, 2.75) is 0 Å². The zero-order valence-corrected chi connectivity index (χ0v) is 13.6. The number of fused-ring (bicyclic) bond motifs is 2. The number of ketones is 2. The van der Waals surface area contributed by atoms with Crippen LogP contribution in [0.15, 0.2) is 66.7 Å². The maximum Gasteiger partial charge on any atom is 0.196 e. The zero-order valence-electron chi connectivity index (χ0n) is 13.6. The molecule has 5 nitrogen and oxygen atoms in total. The summed E-state index contributed by atoms with van der Waals surface area (Å²) < 4.78 is 0. The Kier molecular flexibility index (Phi) is 3.61. The van der Waals surface area contributed by atoms with Crippen molar-refractivity contribution in [3.63, 3.8) is 0 Å². The van der Waals surface area contributed by atoms with E-state index >= 15 is 0 Å². The molecular weight excluding hydrogens is 326 g/mol. The largest absolute Gasteiger partial charge is 0.289 e. The third kappa shape index (κ3) is 2.21. The van der Waals surface area contributed by atoms with Crippen molar-refractivity contribution in [3.8, 4) is 6.07 Å². The summed E-state index contributed by atoms with van der Waals surface area (Å²) >= 11 is 0. The number of benzene rings is 3. The molecule has 0 unspecified atom stereocenters. The lowest BCUT2D eigenvalue weighted by Gasteiger charge is -2.26. The molecule has 0 atom stereocenters. The highest BCUT2D eigenvalue weighted by Crippen LogP contribution is 2.35. The maximum atomic E-state index is 13.1. The lowest BCUT2D eigenvalue weighted by Crippen LogP contribution is -2.30. The van der Waals surface area contributed by atoms with Crippen molar-refractivity contribution in [1.82, 2.24) is 0 Å². The van der Waals surface area contributed by atoms with Gasteiger partial charge in [0.05, 0.1) is 22.5 Å². The lowest BCUT2D eigenvalue weighted by molar-refractivity contribution is 0.0979. The molecule has 0 saturated carbocycles. The molecule has 0 saturated heterocycles. The van der Waals surface area contributed by atoms with Crippen LogP contribution in [-0.2, 0) is 0 Å². The van der Waals surface area contributed by atoms with Crippen molar-refractivity contribution in [2.24, 2.45) is 5.84 Å². The number of rotatable bonds is 2. The number of hydrogen-bond donors (Lipinski definition) is 1. The molecule has 3 aromatic rings. The highest BCUT2D eigenvalue weighted by atomic mass is 16.1. The Morgan fingerprint density at radius 3 is 2.04 bits per heavy atom. The van der Waals surface area contributed by atoms with E-state index in [0.29, 0.717) is 33.6 Å². The van der Waals surface area contributed by atoms with Gasteiger partial charge in [0, 0.05) is 16.7 Å². The number of carbonyl (C=O) groups is 2. The lowest BCUT2D eigenvalue weighted by atomic mass is 9.83. The Hall–Kier alpha value is -3.75. The average molecular weight is 339 g/mol. The van der Waals surface area contributed by atoms with E-state index in [0.717, 1.165) is 0 Å². The van der Waals surface area contributed by atoms with E-state index in [9.17, 15) is 14.9 Å². The summed E-state index contributed by atoms with van der Waals surface area (Å²) in [6, 6.07) is 20.6. The third-order valence-electron chi connectivity index (χ3n) is 4.47. The minimum absolute atomic E-state index is 0.209. The predicted octanol–water partition coefficient (Wildman–Crippen LogP) is 3.35. The van der Waals surface area contributed by atoms with Gasteiger partial charge in [0.2, 0.25) is 0 Å². The SMILES string of the molecule is N#Cc1ccccc1N(N)c1cccc2c1C(=O)c1ccccc1C2=O. The van der Waals surface area contributed by atoms with Crippen LogP contribution in [0.4, 0.5) is 11.4 Å². The Labute approximate surface area is 149 Å². The van der Waals surface area contributed by atoms with E-state index in [-0.39, 0.29) is 17.1 Å². The van der Waals surface area contributed by atoms with Gasteiger partial charge in [-0.2, -0.15) is 5.26 Å². The zero-order chi connectivity index (χ0) is 18.3. The molecule has 0 spiro atoms. The van der Waals surface area contributed by atoms with Crippen LogP contribution in [0.5, 0.6) is 0 Å². The molecule has 0 bridgehead atoms. The van der Waals surface area contributed by atoms with Crippen molar-refractivity contribution >= 4 is 22.9 Å². The van der Waals surface area contributed by atoms with Crippen molar-refractivity contribution in [1.29, 1.82) is 5.26 Å². The topological polar surface area (TPSA) is 87.2 Å². The van der Waals surface area contributed by atoms with Gasteiger partial charge in [-0.05, 0) is 18.2 Å². The summed E-state index contributed by atoms with van der Waals surface area (Å²) in [5.74, 6) is 5.80. The van der Waals surface area contributed by atoms with E-state index in [2.05, 4.69) is 6.07 Å². The summed E-state index contributed by atoms with van der Waals surface area (Å²) in [6.45, 7) is 0. The standard InChI is InChI=1S/C21H13N3O2/c22-12-13-6-1-4-10-17(13)24(23)18-11-5-9-16-19(18)21(26)15-8-3-2-7-14(15)20(16)25/h1-11H,23H2. The molecular formula is C21H13N3O2. The molecule has 5 heteroatoms. The number of hydrogen-bond acceptors (Lipinski definition) is 5. The molecule has 124 valence electrons. The molecule has 0 aliphatic heterocycles. The molecule has 0 radical (unpaired) electrons. The fraction of sp³-hybridized carbons (Fsp3) is 0. The Morgan fingerprint density at radius 2 is 1.31 bits per heavy atom.